The monoisotopic (exact) mass is 931 g/mol. The molecule has 0 bridgehead atoms. The first-order valence-electron chi connectivity index (χ1n) is 19.4. The van der Waals surface area contributed by atoms with Crippen molar-refractivity contribution >= 4 is 11.0 Å². The van der Waals surface area contributed by atoms with Gasteiger partial charge in [0.2, 0.25) is 0 Å². The van der Waals surface area contributed by atoms with Crippen LogP contribution in [0.25, 0.3) is 83.9 Å². The summed E-state index contributed by atoms with van der Waals surface area (Å²) in [6.45, 7) is 8.83. The summed E-state index contributed by atoms with van der Waals surface area (Å²) in [5, 5.41) is 11.3. The molecule has 0 radical (unpaired) electrons. The van der Waals surface area contributed by atoms with Gasteiger partial charge in [0.05, 0.1) is 16.6 Å². The Bertz CT molecular complexity index is 2890. The molecule has 0 spiro atoms. The number of pyridine rings is 1. The van der Waals surface area contributed by atoms with Crippen LogP contribution in [0.2, 0.25) is 0 Å². The Morgan fingerprint density at radius 2 is 1.17 bits per heavy atom. The molecule has 9 aromatic rings. The van der Waals surface area contributed by atoms with Crippen LogP contribution in [-0.4, -0.2) is 19.6 Å². The number of benzene rings is 7. The fraction of sp³-hybridized carbons (Fsp3) is 0.0943. The minimum atomic E-state index is -0.121. The van der Waals surface area contributed by atoms with Gasteiger partial charge in [-0.05, 0) is 82.1 Å². The first kappa shape index (κ1) is 38.5. The van der Waals surface area contributed by atoms with Crippen LogP contribution in [0, 0.1) is 13.0 Å². The number of rotatable bonds is 7. The molecule has 0 aliphatic carbocycles. The zero-order valence-corrected chi connectivity index (χ0v) is 35.1. The zero-order valence-electron chi connectivity index (χ0n) is 32.8. The minimum absolute atomic E-state index is 0. The van der Waals surface area contributed by atoms with Crippen LogP contribution in [0.3, 0.4) is 0 Å². The third kappa shape index (κ3) is 7.56. The topological polar surface area (TPSA) is 50.9 Å². The maximum atomic E-state index is 11.3. The molecule has 0 amide bonds. The molecule has 0 fully saturated rings. The maximum absolute atomic E-state index is 11.3. The van der Waals surface area contributed by atoms with Crippen molar-refractivity contribution in [2.24, 2.45) is 0 Å². The number of aryl methyl sites for hydroxylation is 1. The van der Waals surface area contributed by atoms with E-state index in [9.17, 15) is 5.11 Å². The van der Waals surface area contributed by atoms with E-state index < -0.39 is 0 Å². The smallest absolute Gasteiger partial charge is 0.148 e. The molecule has 0 aliphatic heterocycles. The number of aromatic nitrogens is 3. The Morgan fingerprint density at radius 3 is 1.86 bits per heavy atom. The van der Waals surface area contributed by atoms with Crippen LogP contribution >= 0.6 is 0 Å². The van der Waals surface area contributed by atoms with E-state index in [0.717, 1.165) is 72.5 Å². The van der Waals surface area contributed by atoms with E-state index in [4.69, 9.17) is 9.97 Å². The van der Waals surface area contributed by atoms with Crippen molar-refractivity contribution in [2.75, 3.05) is 0 Å². The largest absolute Gasteiger partial charge is 0.507 e. The van der Waals surface area contributed by atoms with Crippen LogP contribution in [-0.2, 0) is 26.5 Å². The van der Waals surface area contributed by atoms with E-state index >= 15 is 0 Å². The summed E-state index contributed by atoms with van der Waals surface area (Å²) in [6, 6.07) is 62.5. The van der Waals surface area contributed by atoms with Gasteiger partial charge in [-0.3, -0.25) is 9.55 Å². The Balaban J connectivity index is 0.00000469. The van der Waals surface area contributed by atoms with Gasteiger partial charge in [-0.2, -0.15) is 0 Å². The normalized spacial score (nSPS) is 11.4. The van der Waals surface area contributed by atoms with Crippen LogP contribution in [0.4, 0.5) is 0 Å². The zero-order chi connectivity index (χ0) is 39.1. The number of fused-ring (bicyclic) bond motifs is 1. The van der Waals surface area contributed by atoms with Crippen molar-refractivity contribution in [2.45, 2.75) is 33.1 Å². The van der Waals surface area contributed by atoms with Crippen molar-refractivity contribution < 1.29 is 26.2 Å². The van der Waals surface area contributed by atoms with E-state index in [1.165, 1.54) is 11.1 Å². The average molecular weight is 932 g/mol. The standard InChI is InChI=1S/C53H42N3O.Pt/c1-35-22-24-38(25-23-35)39-26-27-54-48(33-39)43-29-40(36-14-7-5-8-15-36)28-42(30-43)46-19-13-20-49-51(46)55-52(47-18-11-12-21-50(47)57)56(49)45-32-41(37-16-9-6-10-17-37)31-44(34-45)53(2,3)4;/h5-29,31-34,57H,1-4H3;/q-1;. The molecule has 0 atom stereocenters. The van der Waals surface area contributed by atoms with Crippen LogP contribution < -0.4 is 0 Å². The van der Waals surface area contributed by atoms with Crippen molar-refractivity contribution in [3.05, 3.63) is 193 Å². The molecule has 58 heavy (non-hydrogen) atoms. The Kier molecular flexibility index (Phi) is 10.6. The van der Waals surface area contributed by atoms with Crippen molar-refractivity contribution in [1.29, 1.82) is 0 Å². The van der Waals surface area contributed by atoms with Gasteiger partial charge < -0.3 is 5.11 Å². The molecule has 4 nitrogen and oxygen atoms in total. The molecule has 5 heteroatoms. The van der Waals surface area contributed by atoms with Gasteiger partial charge in [-0.25, -0.2) is 4.98 Å². The van der Waals surface area contributed by atoms with Crippen molar-refractivity contribution in [1.82, 2.24) is 14.5 Å². The molecule has 0 saturated heterocycles. The summed E-state index contributed by atoms with van der Waals surface area (Å²) in [7, 11) is 0. The molecule has 0 unspecified atom stereocenters. The first-order chi connectivity index (χ1) is 27.7. The molecular formula is C53H42N3OPt-. The van der Waals surface area contributed by atoms with E-state index in [1.54, 1.807) is 6.07 Å². The van der Waals surface area contributed by atoms with Gasteiger partial charge in [-0.1, -0.05) is 164 Å². The van der Waals surface area contributed by atoms with Gasteiger partial charge >= 0.3 is 0 Å². The molecular weight excluding hydrogens is 890 g/mol. The number of aromatic hydroxyl groups is 1. The van der Waals surface area contributed by atoms with Gasteiger partial charge in [-0.15, -0.1) is 23.8 Å². The molecule has 1 N–H and O–H groups in total. The van der Waals surface area contributed by atoms with Crippen molar-refractivity contribution in [3.8, 4) is 78.6 Å². The maximum Gasteiger partial charge on any atom is 0.148 e. The predicted octanol–water partition coefficient (Wildman–Crippen LogP) is 13.5. The third-order valence-corrected chi connectivity index (χ3v) is 10.7. The van der Waals surface area contributed by atoms with E-state index in [2.05, 4.69) is 172 Å². The number of hydrogen-bond acceptors (Lipinski definition) is 3. The number of imidazole rings is 1. The summed E-state index contributed by atoms with van der Waals surface area (Å²) in [5.41, 5.74) is 15.9. The molecule has 0 aliphatic rings. The number of nitrogens with zero attached hydrogens (tertiary/aromatic N) is 3. The van der Waals surface area contributed by atoms with E-state index in [1.807, 2.05) is 36.5 Å². The predicted molar refractivity (Wildman–Crippen MR) is 235 cm³/mol. The van der Waals surface area contributed by atoms with Gasteiger partial charge in [0.15, 0.2) is 0 Å². The third-order valence-electron chi connectivity index (χ3n) is 10.7. The number of phenolic OH excluding ortho intramolecular Hbond substituents is 1. The van der Waals surface area contributed by atoms with E-state index in [0.29, 0.717) is 11.4 Å². The number of phenols is 1. The van der Waals surface area contributed by atoms with Crippen LogP contribution in [0.15, 0.2) is 176 Å². The molecule has 2 heterocycles. The van der Waals surface area contributed by atoms with Gasteiger partial charge in [0, 0.05) is 38.6 Å². The summed E-state index contributed by atoms with van der Waals surface area (Å²) >= 11 is 0. The molecule has 9 rings (SSSR count). The summed E-state index contributed by atoms with van der Waals surface area (Å²) < 4.78 is 2.20. The number of para-hydroxylation sites is 2. The van der Waals surface area contributed by atoms with Gasteiger partial charge in [0.1, 0.15) is 11.6 Å². The Hall–Kier alpha value is -6.35. The fourth-order valence-corrected chi connectivity index (χ4v) is 7.55. The van der Waals surface area contributed by atoms with Crippen molar-refractivity contribution in [3.63, 3.8) is 0 Å². The SMILES string of the molecule is Cc1ccc(-c2ccnc(-c3[c-]c(-c4cccc5c4nc(-c4ccccc4O)n5-c4cc(-c5ccccc5)cc(C(C)(C)C)c4)cc(-c4ccccc4)c3)c2)cc1.[Pt]. The quantitative estimate of drug-likeness (QED) is 0.162. The summed E-state index contributed by atoms with van der Waals surface area (Å²) in [4.78, 5) is 10.3. The summed E-state index contributed by atoms with van der Waals surface area (Å²) in [5.74, 6) is 0.831. The second-order valence-electron chi connectivity index (χ2n) is 15.7. The molecule has 286 valence electrons. The second kappa shape index (κ2) is 15.9. The minimum Gasteiger partial charge on any atom is -0.507 e. The Labute approximate surface area is 354 Å². The Morgan fingerprint density at radius 1 is 0.552 bits per heavy atom. The first-order valence-corrected chi connectivity index (χ1v) is 19.4. The molecule has 0 saturated carbocycles. The number of hydrogen-bond donors (Lipinski definition) is 1. The van der Waals surface area contributed by atoms with Gasteiger partial charge in [0.25, 0.3) is 0 Å². The summed E-state index contributed by atoms with van der Waals surface area (Å²) in [6.07, 6.45) is 1.88. The van der Waals surface area contributed by atoms with Crippen LogP contribution in [0.5, 0.6) is 5.75 Å². The average Bonchev–Trinajstić information content (AvgIpc) is 3.64. The van der Waals surface area contributed by atoms with E-state index in [-0.39, 0.29) is 32.2 Å². The fourth-order valence-electron chi connectivity index (χ4n) is 7.55. The molecule has 7 aromatic carbocycles. The molecule has 2 aromatic heterocycles. The van der Waals surface area contributed by atoms with Crippen LogP contribution in [0.1, 0.15) is 31.9 Å². The second-order valence-corrected chi connectivity index (χ2v) is 15.7.